The first kappa shape index (κ1) is 31.3. The van der Waals surface area contributed by atoms with Crippen LogP contribution in [-0.4, -0.2) is 63.5 Å². The number of halogens is 4. The number of carbonyl (C=O) groups excluding carboxylic acids is 1. The molecule has 1 unspecified atom stereocenters. The van der Waals surface area contributed by atoms with E-state index in [0.717, 1.165) is 6.07 Å². The van der Waals surface area contributed by atoms with Gasteiger partial charge in [-0.3, -0.25) is 9.59 Å². The molecule has 232 valence electrons. The molecule has 11 nitrogen and oxygen atoms in total. The van der Waals surface area contributed by atoms with Gasteiger partial charge in [0.2, 0.25) is 11.9 Å². The molecule has 1 aromatic carbocycles. The number of aromatic nitrogens is 6. The van der Waals surface area contributed by atoms with E-state index in [0.29, 0.717) is 22.6 Å². The van der Waals surface area contributed by atoms with Crippen molar-refractivity contribution in [3.05, 3.63) is 85.3 Å². The van der Waals surface area contributed by atoms with Gasteiger partial charge in [-0.25, -0.2) is 24.2 Å². The van der Waals surface area contributed by atoms with Crippen molar-refractivity contribution in [1.29, 1.82) is 0 Å². The maximum atomic E-state index is 14.1. The lowest BCUT2D eigenvalue weighted by Crippen LogP contribution is -2.46. The van der Waals surface area contributed by atoms with Crippen molar-refractivity contribution >= 4 is 21.8 Å². The van der Waals surface area contributed by atoms with E-state index in [4.69, 9.17) is 9.72 Å². The highest BCUT2D eigenvalue weighted by Gasteiger charge is 2.36. The molecule has 5 rings (SSSR count). The van der Waals surface area contributed by atoms with Crippen molar-refractivity contribution in [2.24, 2.45) is 0 Å². The zero-order chi connectivity index (χ0) is 32.1. The average molecular weight is 676 g/mol. The van der Waals surface area contributed by atoms with Crippen molar-refractivity contribution in [3.63, 3.8) is 0 Å². The molecule has 4 heterocycles. The van der Waals surface area contributed by atoms with Gasteiger partial charge in [-0.1, -0.05) is 15.9 Å². The number of aliphatic hydroxyl groups is 1. The molecule has 0 fully saturated rings. The van der Waals surface area contributed by atoms with Gasteiger partial charge in [-0.05, 0) is 65.3 Å². The third-order valence-corrected chi connectivity index (χ3v) is 7.67. The fourth-order valence-corrected chi connectivity index (χ4v) is 5.34. The summed E-state index contributed by atoms with van der Waals surface area (Å²) < 4.78 is 48.7. The van der Waals surface area contributed by atoms with Gasteiger partial charge >= 0.3 is 6.18 Å². The second-order valence-corrected chi connectivity index (χ2v) is 12.2. The molecule has 15 heteroatoms. The molecular formula is C29H29BrF3N7O4. The van der Waals surface area contributed by atoms with Crippen LogP contribution >= 0.6 is 15.9 Å². The molecule has 0 saturated carbocycles. The summed E-state index contributed by atoms with van der Waals surface area (Å²) in [6.45, 7) is 8.36. The number of ether oxygens (including phenoxy) is 1. The Morgan fingerprint density at radius 2 is 1.84 bits per heavy atom. The zero-order valence-corrected chi connectivity index (χ0v) is 26.1. The van der Waals surface area contributed by atoms with E-state index < -0.39 is 34.8 Å². The van der Waals surface area contributed by atoms with Crippen molar-refractivity contribution < 1.29 is 27.8 Å². The Bertz CT molecular complexity index is 1800. The number of rotatable bonds is 6. The third-order valence-electron chi connectivity index (χ3n) is 6.98. The summed E-state index contributed by atoms with van der Waals surface area (Å²) in [5.74, 6) is -0.254. The molecule has 0 aliphatic carbocycles. The monoisotopic (exact) mass is 675 g/mol. The van der Waals surface area contributed by atoms with Gasteiger partial charge in [-0.15, -0.1) is 0 Å². The highest BCUT2D eigenvalue weighted by molar-refractivity contribution is 9.10. The Balaban J connectivity index is 1.57. The van der Waals surface area contributed by atoms with Crippen LogP contribution in [0.3, 0.4) is 0 Å². The van der Waals surface area contributed by atoms with Crippen LogP contribution in [0.4, 0.5) is 13.2 Å². The highest BCUT2D eigenvalue weighted by Crippen LogP contribution is 2.36. The maximum Gasteiger partial charge on any atom is 0.417 e. The van der Waals surface area contributed by atoms with Gasteiger partial charge < -0.3 is 14.7 Å². The lowest BCUT2D eigenvalue weighted by molar-refractivity contribution is -0.138. The molecule has 1 aliphatic rings. The molecular weight excluding hydrogens is 647 g/mol. The summed E-state index contributed by atoms with van der Waals surface area (Å²) in [5.41, 5.74) is -0.697. The van der Waals surface area contributed by atoms with Crippen LogP contribution in [0.25, 0.3) is 11.9 Å². The van der Waals surface area contributed by atoms with E-state index in [1.54, 1.807) is 40.7 Å². The summed E-state index contributed by atoms with van der Waals surface area (Å²) in [4.78, 5) is 42.4. The van der Waals surface area contributed by atoms with Gasteiger partial charge in [0.25, 0.3) is 11.5 Å². The molecule has 1 amide bonds. The molecule has 1 aliphatic heterocycles. The Labute approximate surface area is 258 Å². The van der Waals surface area contributed by atoms with Crippen LogP contribution in [-0.2, 0) is 19.1 Å². The number of alkyl halides is 3. The van der Waals surface area contributed by atoms with E-state index in [1.807, 2.05) is 0 Å². The number of hydrogen-bond acceptors (Lipinski definition) is 8. The minimum absolute atomic E-state index is 0.00204. The lowest BCUT2D eigenvalue weighted by atomic mass is 9.98. The summed E-state index contributed by atoms with van der Waals surface area (Å²) >= 11 is 2.91. The zero-order valence-electron chi connectivity index (χ0n) is 24.5. The lowest BCUT2D eigenvalue weighted by Gasteiger charge is -2.34. The van der Waals surface area contributed by atoms with Gasteiger partial charge in [0, 0.05) is 27.3 Å². The van der Waals surface area contributed by atoms with Crippen LogP contribution in [0.1, 0.15) is 59.3 Å². The Kier molecular flexibility index (Phi) is 8.14. The highest BCUT2D eigenvalue weighted by atomic mass is 79.9. The van der Waals surface area contributed by atoms with Crippen molar-refractivity contribution in [2.45, 2.75) is 65.4 Å². The smallest absolute Gasteiger partial charge is 0.417 e. The quantitative estimate of drug-likeness (QED) is 0.320. The molecule has 0 bridgehead atoms. The van der Waals surface area contributed by atoms with Gasteiger partial charge in [-0.2, -0.15) is 18.3 Å². The number of amides is 1. The number of fused-ring (bicyclic) bond motifs is 1. The van der Waals surface area contributed by atoms with Gasteiger partial charge in [0.1, 0.15) is 6.61 Å². The van der Waals surface area contributed by atoms with Gasteiger partial charge in [0.15, 0.2) is 5.75 Å². The second kappa shape index (κ2) is 11.4. The molecule has 0 radical (unpaired) electrons. The van der Waals surface area contributed by atoms with Crippen LogP contribution in [0.5, 0.6) is 5.75 Å². The SMILES string of the molecule is Cc1cc(C)n(-c2nc3c(c(=O)n2-c2ncc(OCC(C)(C)O)cn2)CC(C)N(C(=O)c2ccc(Br)c(C(F)(F)F)c2)C3)n1. The molecule has 0 spiro atoms. The normalized spacial score (nSPS) is 15.3. The number of hydrogen-bond donors (Lipinski definition) is 1. The van der Waals surface area contributed by atoms with Crippen molar-refractivity contribution in [1.82, 2.24) is 34.2 Å². The van der Waals surface area contributed by atoms with E-state index >= 15 is 0 Å². The van der Waals surface area contributed by atoms with Crippen LogP contribution in [0, 0.1) is 13.8 Å². The van der Waals surface area contributed by atoms with E-state index in [-0.39, 0.29) is 47.3 Å². The predicted molar refractivity (Wildman–Crippen MR) is 156 cm³/mol. The largest absolute Gasteiger partial charge is 0.487 e. The first-order valence-electron chi connectivity index (χ1n) is 13.6. The Morgan fingerprint density at radius 3 is 2.43 bits per heavy atom. The summed E-state index contributed by atoms with van der Waals surface area (Å²) in [6.07, 6.45) is -1.80. The van der Waals surface area contributed by atoms with Crippen LogP contribution in [0.15, 0.2) is 45.9 Å². The number of carbonyl (C=O) groups is 1. The summed E-state index contributed by atoms with van der Waals surface area (Å²) in [7, 11) is 0. The Morgan fingerprint density at radius 1 is 1.16 bits per heavy atom. The first-order valence-corrected chi connectivity index (χ1v) is 14.4. The fraction of sp³-hybridized carbons (Fsp3) is 0.379. The molecule has 1 atom stereocenters. The predicted octanol–water partition coefficient (Wildman–Crippen LogP) is 4.34. The molecule has 44 heavy (non-hydrogen) atoms. The van der Waals surface area contributed by atoms with Crippen molar-refractivity contribution in [3.8, 4) is 17.6 Å². The first-order chi connectivity index (χ1) is 20.5. The number of benzene rings is 1. The number of nitrogens with zero attached hydrogens (tertiary/aromatic N) is 7. The second-order valence-electron chi connectivity index (χ2n) is 11.3. The van der Waals surface area contributed by atoms with Crippen LogP contribution < -0.4 is 10.3 Å². The summed E-state index contributed by atoms with van der Waals surface area (Å²) in [6, 6.07) is 4.59. The van der Waals surface area contributed by atoms with Crippen LogP contribution in [0.2, 0.25) is 0 Å². The molecule has 3 aromatic heterocycles. The summed E-state index contributed by atoms with van der Waals surface area (Å²) in [5, 5.41) is 14.4. The standard InChI is InChI=1S/C29H29BrF3N7O4/c1-15-8-17(3)40(37-15)27-36-23-13-38(24(41)18-6-7-22(30)21(10-18)29(31,32)33)16(2)9-20(23)25(42)39(27)26-34-11-19(12-35-26)44-14-28(4,5)43/h6-8,10-12,16,43H,9,13-14H2,1-5H3. The topological polar surface area (TPSA) is 128 Å². The molecule has 0 saturated heterocycles. The number of aryl methyl sites for hydroxylation is 2. The minimum atomic E-state index is -4.65. The minimum Gasteiger partial charge on any atom is -0.487 e. The Hall–Kier alpha value is -4.11. The van der Waals surface area contributed by atoms with E-state index in [1.165, 1.54) is 38.7 Å². The average Bonchev–Trinajstić information content (AvgIpc) is 3.28. The van der Waals surface area contributed by atoms with Gasteiger partial charge in [0.05, 0.1) is 41.5 Å². The van der Waals surface area contributed by atoms with Crippen molar-refractivity contribution in [2.75, 3.05) is 6.61 Å². The molecule has 4 aromatic rings. The third kappa shape index (κ3) is 6.24. The van der Waals surface area contributed by atoms with E-state index in [9.17, 15) is 27.9 Å². The van der Waals surface area contributed by atoms with E-state index in [2.05, 4.69) is 31.0 Å². The maximum absolute atomic E-state index is 14.1. The molecule has 1 N–H and O–H groups in total. The fourth-order valence-electron chi connectivity index (χ4n) is 4.87.